The summed E-state index contributed by atoms with van der Waals surface area (Å²) in [7, 11) is 0. The van der Waals surface area contributed by atoms with Crippen molar-refractivity contribution in [3.05, 3.63) is 52.6 Å². The van der Waals surface area contributed by atoms with Crippen molar-refractivity contribution in [2.45, 2.75) is 20.3 Å². The molecular weight excluding hydrogens is 254 g/mol. The number of aromatic amines is 1. The van der Waals surface area contributed by atoms with Gasteiger partial charge in [-0.05, 0) is 42.6 Å². The van der Waals surface area contributed by atoms with Crippen LogP contribution in [0.25, 0.3) is 16.5 Å². The number of nitrogens with zero attached hydrogens (tertiary/aromatic N) is 2. The zero-order valence-corrected chi connectivity index (χ0v) is 11.8. The molecule has 1 N–H and O–H groups in total. The van der Waals surface area contributed by atoms with Crippen molar-refractivity contribution in [2.24, 2.45) is 0 Å². The largest absolute Gasteiger partial charge is 0.272 e. The van der Waals surface area contributed by atoms with Gasteiger partial charge < -0.3 is 0 Å². The van der Waals surface area contributed by atoms with E-state index in [0.717, 1.165) is 17.9 Å². The summed E-state index contributed by atoms with van der Waals surface area (Å²) in [5.41, 5.74) is 2.44. The predicted octanol–water partition coefficient (Wildman–Crippen LogP) is 3.95. The maximum absolute atomic E-state index is 5.32. The molecule has 0 bridgehead atoms. The number of hydrogen-bond donors (Lipinski definition) is 1. The van der Waals surface area contributed by atoms with E-state index in [2.05, 4.69) is 53.5 Å². The van der Waals surface area contributed by atoms with Crippen LogP contribution in [0.2, 0.25) is 0 Å². The van der Waals surface area contributed by atoms with Crippen molar-refractivity contribution < 1.29 is 0 Å². The molecule has 96 valence electrons. The van der Waals surface area contributed by atoms with Crippen molar-refractivity contribution in [3.63, 3.8) is 0 Å². The van der Waals surface area contributed by atoms with Crippen LogP contribution in [0.4, 0.5) is 0 Å². The third kappa shape index (κ3) is 1.88. The number of fused-ring (bicyclic) bond motifs is 1. The highest BCUT2D eigenvalue weighted by Gasteiger charge is 2.09. The normalized spacial score (nSPS) is 11.1. The molecule has 0 radical (unpaired) electrons. The molecule has 0 saturated heterocycles. The number of benzene rings is 2. The monoisotopic (exact) mass is 269 g/mol. The Labute approximate surface area is 116 Å². The minimum atomic E-state index is 0.631. The first-order chi connectivity index (χ1) is 9.22. The SMILES string of the molecule is CCc1ccc(-n2c(C)n[nH]c2=S)c2ccccc12. The summed E-state index contributed by atoms with van der Waals surface area (Å²) in [4.78, 5) is 0. The molecule has 3 rings (SSSR count). The first-order valence-corrected chi connectivity index (χ1v) is 6.78. The summed E-state index contributed by atoms with van der Waals surface area (Å²) < 4.78 is 2.61. The van der Waals surface area contributed by atoms with Gasteiger partial charge >= 0.3 is 0 Å². The lowest BCUT2D eigenvalue weighted by Crippen LogP contribution is -1.99. The Hall–Kier alpha value is -1.94. The van der Waals surface area contributed by atoms with Crippen LogP contribution in [-0.2, 0) is 6.42 Å². The third-order valence-corrected chi connectivity index (χ3v) is 3.73. The number of hydrogen-bond acceptors (Lipinski definition) is 2. The van der Waals surface area contributed by atoms with Crippen LogP contribution in [0, 0.1) is 11.7 Å². The highest BCUT2D eigenvalue weighted by molar-refractivity contribution is 7.71. The van der Waals surface area contributed by atoms with Gasteiger partial charge in [-0.3, -0.25) is 9.67 Å². The zero-order valence-electron chi connectivity index (χ0n) is 11.0. The fraction of sp³-hybridized carbons (Fsp3) is 0.200. The van der Waals surface area contributed by atoms with E-state index in [1.807, 2.05) is 11.5 Å². The van der Waals surface area contributed by atoms with Crippen molar-refractivity contribution in [1.82, 2.24) is 14.8 Å². The second kappa shape index (κ2) is 4.63. The molecule has 0 atom stereocenters. The van der Waals surface area contributed by atoms with Gasteiger partial charge in [-0.25, -0.2) is 0 Å². The maximum Gasteiger partial charge on any atom is 0.199 e. The molecular formula is C15H15N3S. The number of rotatable bonds is 2. The molecule has 0 aliphatic carbocycles. The predicted molar refractivity (Wildman–Crippen MR) is 80.4 cm³/mol. The Balaban J connectivity index is 2.41. The molecule has 0 fully saturated rings. The van der Waals surface area contributed by atoms with E-state index in [4.69, 9.17) is 12.2 Å². The van der Waals surface area contributed by atoms with E-state index in [9.17, 15) is 0 Å². The Morgan fingerprint density at radius 3 is 2.53 bits per heavy atom. The molecule has 0 amide bonds. The van der Waals surface area contributed by atoms with Crippen molar-refractivity contribution in [2.75, 3.05) is 0 Å². The van der Waals surface area contributed by atoms with Gasteiger partial charge in [0.1, 0.15) is 5.82 Å². The van der Waals surface area contributed by atoms with Crippen LogP contribution in [-0.4, -0.2) is 14.8 Å². The van der Waals surface area contributed by atoms with Gasteiger partial charge in [0.2, 0.25) is 0 Å². The van der Waals surface area contributed by atoms with E-state index in [0.29, 0.717) is 4.77 Å². The summed E-state index contributed by atoms with van der Waals surface area (Å²) in [6, 6.07) is 12.7. The second-order valence-electron chi connectivity index (χ2n) is 4.55. The Morgan fingerprint density at radius 1 is 1.16 bits per heavy atom. The standard InChI is InChI=1S/C15H15N3S/c1-3-11-8-9-14(13-7-5-4-6-12(11)13)18-10(2)16-17-15(18)19/h4-9H,3H2,1-2H3,(H,17,19). The second-order valence-corrected chi connectivity index (χ2v) is 4.94. The highest BCUT2D eigenvalue weighted by atomic mass is 32.1. The van der Waals surface area contributed by atoms with Crippen LogP contribution in [0.5, 0.6) is 0 Å². The highest BCUT2D eigenvalue weighted by Crippen LogP contribution is 2.26. The summed E-state index contributed by atoms with van der Waals surface area (Å²) in [5, 5.41) is 9.53. The van der Waals surface area contributed by atoms with E-state index < -0.39 is 0 Å². The molecule has 0 saturated carbocycles. The van der Waals surface area contributed by atoms with Crippen molar-refractivity contribution in [3.8, 4) is 5.69 Å². The average Bonchev–Trinajstić information content (AvgIpc) is 2.77. The van der Waals surface area contributed by atoms with E-state index in [1.54, 1.807) is 0 Å². The van der Waals surface area contributed by atoms with Crippen molar-refractivity contribution in [1.29, 1.82) is 0 Å². The number of aryl methyl sites for hydroxylation is 2. The minimum Gasteiger partial charge on any atom is -0.272 e. The first kappa shape index (κ1) is 12.1. The summed E-state index contributed by atoms with van der Waals surface area (Å²) >= 11 is 5.32. The quantitative estimate of drug-likeness (QED) is 0.715. The molecule has 3 aromatic rings. The van der Waals surface area contributed by atoms with Crippen molar-refractivity contribution >= 4 is 23.0 Å². The zero-order chi connectivity index (χ0) is 13.4. The summed E-state index contributed by atoms with van der Waals surface area (Å²) in [6.07, 6.45) is 1.02. The fourth-order valence-electron chi connectivity index (χ4n) is 2.51. The van der Waals surface area contributed by atoms with E-state index in [1.165, 1.54) is 16.3 Å². The van der Waals surface area contributed by atoms with Gasteiger partial charge in [-0.15, -0.1) is 0 Å². The van der Waals surface area contributed by atoms with Crippen LogP contribution >= 0.6 is 12.2 Å². The van der Waals surface area contributed by atoms with Gasteiger partial charge in [-0.1, -0.05) is 37.3 Å². The van der Waals surface area contributed by atoms with Gasteiger partial charge in [0.15, 0.2) is 4.77 Å². The number of nitrogens with one attached hydrogen (secondary N) is 1. The molecule has 0 spiro atoms. The fourth-order valence-corrected chi connectivity index (χ4v) is 2.78. The lowest BCUT2D eigenvalue weighted by Gasteiger charge is -2.11. The maximum atomic E-state index is 5.32. The molecule has 3 nitrogen and oxygen atoms in total. The molecule has 1 heterocycles. The molecule has 0 aliphatic rings. The minimum absolute atomic E-state index is 0.631. The molecule has 0 aliphatic heterocycles. The van der Waals surface area contributed by atoms with Gasteiger partial charge in [-0.2, -0.15) is 5.10 Å². The lowest BCUT2D eigenvalue weighted by molar-refractivity contribution is 0.969. The first-order valence-electron chi connectivity index (χ1n) is 6.37. The molecule has 4 heteroatoms. The van der Waals surface area contributed by atoms with E-state index in [-0.39, 0.29) is 0 Å². The summed E-state index contributed by atoms with van der Waals surface area (Å²) in [5.74, 6) is 0.874. The van der Waals surface area contributed by atoms with Crippen LogP contribution in [0.15, 0.2) is 36.4 Å². The third-order valence-electron chi connectivity index (χ3n) is 3.45. The topological polar surface area (TPSA) is 33.6 Å². The summed E-state index contributed by atoms with van der Waals surface area (Å²) in [6.45, 7) is 4.13. The van der Waals surface area contributed by atoms with Crippen LogP contribution in [0.1, 0.15) is 18.3 Å². The number of H-pyrrole nitrogens is 1. The van der Waals surface area contributed by atoms with Gasteiger partial charge in [0.25, 0.3) is 0 Å². The van der Waals surface area contributed by atoms with E-state index >= 15 is 0 Å². The molecule has 1 aromatic heterocycles. The van der Waals surface area contributed by atoms with Gasteiger partial charge in [0, 0.05) is 5.39 Å². The number of aromatic nitrogens is 3. The van der Waals surface area contributed by atoms with Crippen LogP contribution in [0.3, 0.4) is 0 Å². The van der Waals surface area contributed by atoms with Gasteiger partial charge in [0.05, 0.1) is 5.69 Å². The van der Waals surface area contributed by atoms with Crippen LogP contribution < -0.4 is 0 Å². The Morgan fingerprint density at radius 2 is 1.89 bits per heavy atom. The average molecular weight is 269 g/mol. The Kier molecular flexibility index (Phi) is 2.95. The molecule has 0 unspecified atom stereocenters. The molecule has 2 aromatic carbocycles. The lowest BCUT2D eigenvalue weighted by atomic mass is 10.0. The molecule has 19 heavy (non-hydrogen) atoms. The Bertz CT molecular complexity index is 799. The smallest absolute Gasteiger partial charge is 0.199 e.